The Morgan fingerprint density at radius 3 is 2.83 bits per heavy atom. The zero-order chi connectivity index (χ0) is 16.8. The SMILES string of the molecule is C[C@H](NC[C@@H](c1cccc(Cl)c1)N1CCOCC1)c1cnccn1. The molecule has 3 rings (SSSR count). The molecule has 2 aromatic rings. The van der Waals surface area contributed by atoms with Gasteiger partial charge in [0.2, 0.25) is 0 Å². The predicted molar refractivity (Wildman–Crippen MR) is 95.0 cm³/mol. The minimum atomic E-state index is 0.140. The van der Waals surface area contributed by atoms with Gasteiger partial charge in [-0.15, -0.1) is 0 Å². The molecule has 1 fully saturated rings. The lowest BCUT2D eigenvalue weighted by atomic mass is 10.0. The Bertz CT molecular complexity index is 634. The number of halogens is 1. The van der Waals surface area contributed by atoms with E-state index in [9.17, 15) is 0 Å². The van der Waals surface area contributed by atoms with Gasteiger partial charge in [0.1, 0.15) is 0 Å². The summed E-state index contributed by atoms with van der Waals surface area (Å²) in [6.07, 6.45) is 5.23. The van der Waals surface area contributed by atoms with Gasteiger partial charge in [-0.2, -0.15) is 0 Å². The number of nitrogens with zero attached hydrogens (tertiary/aromatic N) is 3. The van der Waals surface area contributed by atoms with E-state index < -0.39 is 0 Å². The Labute approximate surface area is 148 Å². The molecule has 2 heterocycles. The summed E-state index contributed by atoms with van der Waals surface area (Å²) in [6, 6.07) is 8.51. The standard InChI is InChI=1S/C18H23ClN4O/c1-14(17-12-20-5-6-21-17)22-13-18(23-7-9-24-10-8-23)15-3-2-4-16(19)11-15/h2-6,11-12,14,18,22H,7-10,13H2,1H3/t14-,18-/m0/s1. The summed E-state index contributed by atoms with van der Waals surface area (Å²) in [4.78, 5) is 11.0. The molecule has 1 aromatic carbocycles. The monoisotopic (exact) mass is 346 g/mol. The first-order valence-corrected chi connectivity index (χ1v) is 8.68. The van der Waals surface area contributed by atoms with Gasteiger partial charge < -0.3 is 10.1 Å². The molecule has 0 unspecified atom stereocenters. The molecule has 0 spiro atoms. The van der Waals surface area contributed by atoms with Crippen molar-refractivity contribution >= 4 is 11.6 Å². The molecule has 24 heavy (non-hydrogen) atoms. The topological polar surface area (TPSA) is 50.3 Å². The zero-order valence-electron chi connectivity index (χ0n) is 13.9. The third-order valence-electron chi connectivity index (χ3n) is 4.36. The first-order valence-electron chi connectivity index (χ1n) is 8.30. The van der Waals surface area contributed by atoms with Crippen LogP contribution >= 0.6 is 11.6 Å². The van der Waals surface area contributed by atoms with Crippen LogP contribution in [0, 0.1) is 0 Å². The zero-order valence-corrected chi connectivity index (χ0v) is 14.6. The van der Waals surface area contributed by atoms with E-state index in [0.717, 1.165) is 43.6 Å². The molecule has 0 bridgehead atoms. The predicted octanol–water partition coefficient (Wildman–Crippen LogP) is 2.85. The van der Waals surface area contributed by atoms with E-state index >= 15 is 0 Å². The lowest BCUT2D eigenvalue weighted by molar-refractivity contribution is 0.0157. The van der Waals surface area contributed by atoms with Gasteiger partial charge in [-0.05, 0) is 24.6 Å². The molecule has 128 valence electrons. The van der Waals surface area contributed by atoms with Crippen molar-refractivity contribution in [1.82, 2.24) is 20.2 Å². The van der Waals surface area contributed by atoms with Crippen molar-refractivity contribution in [3.05, 3.63) is 59.1 Å². The highest BCUT2D eigenvalue weighted by Gasteiger charge is 2.23. The van der Waals surface area contributed by atoms with E-state index in [1.165, 1.54) is 5.56 Å². The third-order valence-corrected chi connectivity index (χ3v) is 4.60. The van der Waals surface area contributed by atoms with E-state index in [1.54, 1.807) is 18.6 Å². The maximum Gasteiger partial charge on any atom is 0.0753 e. The molecular weight excluding hydrogens is 324 g/mol. The molecule has 0 amide bonds. The molecule has 5 nitrogen and oxygen atoms in total. The fraction of sp³-hybridized carbons (Fsp3) is 0.444. The lowest BCUT2D eigenvalue weighted by Gasteiger charge is -2.35. The smallest absolute Gasteiger partial charge is 0.0753 e. The minimum absolute atomic E-state index is 0.140. The highest BCUT2D eigenvalue weighted by Crippen LogP contribution is 2.24. The molecule has 1 aliphatic rings. The lowest BCUT2D eigenvalue weighted by Crippen LogP contribution is -2.43. The summed E-state index contributed by atoms with van der Waals surface area (Å²) in [6.45, 7) is 6.33. The number of morpholine rings is 1. The number of hydrogen-bond donors (Lipinski definition) is 1. The summed E-state index contributed by atoms with van der Waals surface area (Å²) < 4.78 is 5.50. The summed E-state index contributed by atoms with van der Waals surface area (Å²) >= 11 is 6.20. The molecule has 1 saturated heterocycles. The van der Waals surface area contributed by atoms with Crippen LogP contribution < -0.4 is 5.32 Å². The van der Waals surface area contributed by atoms with E-state index in [-0.39, 0.29) is 12.1 Å². The normalized spacial score (nSPS) is 18.2. The largest absolute Gasteiger partial charge is 0.379 e. The minimum Gasteiger partial charge on any atom is -0.379 e. The summed E-state index contributed by atoms with van der Waals surface area (Å²) in [5, 5.41) is 4.36. The van der Waals surface area contributed by atoms with Gasteiger partial charge in [0.25, 0.3) is 0 Å². The number of ether oxygens (including phenoxy) is 1. The number of benzene rings is 1. The average molecular weight is 347 g/mol. The molecule has 1 aromatic heterocycles. The Morgan fingerprint density at radius 2 is 2.12 bits per heavy atom. The van der Waals surface area contributed by atoms with Gasteiger partial charge in [0.05, 0.1) is 18.9 Å². The van der Waals surface area contributed by atoms with Crippen LogP contribution in [-0.2, 0) is 4.74 Å². The van der Waals surface area contributed by atoms with Crippen molar-refractivity contribution in [2.45, 2.75) is 19.0 Å². The van der Waals surface area contributed by atoms with Crippen LogP contribution in [0.4, 0.5) is 0 Å². The van der Waals surface area contributed by atoms with Gasteiger partial charge >= 0.3 is 0 Å². The van der Waals surface area contributed by atoms with Gasteiger partial charge in [-0.25, -0.2) is 0 Å². The number of nitrogens with one attached hydrogen (secondary N) is 1. The van der Waals surface area contributed by atoms with Crippen molar-refractivity contribution in [3.63, 3.8) is 0 Å². The Morgan fingerprint density at radius 1 is 1.29 bits per heavy atom. The maximum absolute atomic E-state index is 6.20. The van der Waals surface area contributed by atoms with Crippen molar-refractivity contribution in [2.75, 3.05) is 32.8 Å². The van der Waals surface area contributed by atoms with Crippen molar-refractivity contribution in [1.29, 1.82) is 0 Å². The van der Waals surface area contributed by atoms with Gasteiger partial charge in [-0.1, -0.05) is 23.7 Å². The highest BCUT2D eigenvalue weighted by molar-refractivity contribution is 6.30. The number of aromatic nitrogens is 2. The Kier molecular flexibility index (Phi) is 6.15. The fourth-order valence-corrected chi connectivity index (χ4v) is 3.19. The van der Waals surface area contributed by atoms with Crippen LogP contribution in [0.25, 0.3) is 0 Å². The Balaban J connectivity index is 1.72. The second-order valence-electron chi connectivity index (χ2n) is 5.98. The van der Waals surface area contributed by atoms with Crippen LogP contribution in [0.3, 0.4) is 0 Å². The van der Waals surface area contributed by atoms with Crippen LogP contribution in [0.15, 0.2) is 42.9 Å². The van der Waals surface area contributed by atoms with Gasteiger partial charge in [-0.3, -0.25) is 14.9 Å². The molecule has 0 saturated carbocycles. The highest BCUT2D eigenvalue weighted by atomic mass is 35.5. The summed E-state index contributed by atoms with van der Waals surface area (Å²) in [5.41, 5.74) is 2.17. The van der Waals surface area contributed by atoms with Crippen molar-refractivity contribution in [3.8, 4) is 0 Å². The first kappa shape index (κ1) is 17.3. The van der Waals surface area contributed by atoms with Crippen LogP contribution in [-0.4, -0.2) is 47.7 Å². The van der Waals surface area contributed by atoms with Crippen LogP contribution in [0.5, 0.6) is 0 Å². The second-order valence-corrected chi connectivity index (χ2v) is 6.42. The first-order chi connectivity index (χ1) is 11.7. The molecular formula is C18H23ClN4O. The van der Waals surface area contributed by atoms with Crippen molar-refractivity contribution in [2.24, 2.45) is 0 Å². The maximum atomic E-state index is 6.20. The van der Waals surface area contributed by atoms with Crippen LogP contribution in [0.2, 0.25) is 5.02 Å². The quantitative estimate of drug-likeness (QED) is 0.871. The van der Waals surface area contributed by atoms with Gasteiger partial charge in [0.15, 0.2) is 0 Å². The molecule has 6 heteroatoms. The molecule has 1 aliphatic heterocycles. The summed E-state index contributed by atoms with van der Waals surface area (Å²) in [5.74, 6) is 0. The van der Waals surface area contributed by atoms with Crippen LogP contribution in [0.1, 0.15) is 30.3 Å². The van der Waals surface area contributed by atoms with E-state index in [2.05, 4.69) is 39.2 Å². The van der Waals surface area contributed by atoms with E-state index in [4.69, 9.17) is 16.3 Å². The molecule has 0 aliphatic carbocycles. The van der Waals surface area contributed by atoms with Crippen molar-refractivity contribution < 1.29 is 4.74 Å². The molecule has 2 atom stereocenters. The van der Waals surface area contributed by atoms with E-state index in [1.807, 2.05) is 12.1 Å². The molecule has 1 N–H and O–H groups in total. The third kappa shape index (κ3) is 4.51. The molecule has 0 radical (unpaired) electrons. The van der Waals surface area contributed by atoms with Gasteiger partial charge in [0, 0.05) is 55.3 Å². The average Bonchev–Trinajstić information content (AvgIpc) is 2.63. The summed E-state index contributed by atoms with van der Waals surface area (Å²) in [7, 11) is 0. The van der Waals surface area contributed by atoms with E-state index in [0.29, 0.717) is 0 Å². The fourth-order valence-electron chi connectivity index (χ4n) is 2.99. The number of rotatable bonds is 6. The Hall–Kier alpha value is -1.53. The number of hydrogen-bond acceptors (Lipinski definition) is 5. The second kappa shape index (κ2) is 8.53.